The molecule has 4 rings (SSSR count). The summed E-state index contributed by atoms with van der Waals surface area (Å²) in [6.45, 7) is 4.24. The van der Waals surface area contributed by atoms with Crippen LogP contribution in [0.25, 0.3) is 0 Å². The second kappa shape index (κ2) is 7.28. The predicted octanol–water partition coefficient (Wildman–Crippen LogP) is 3.22. The van der Waals surface area contributed by atoms with Gasteiger partial charge in [-0.2, -0.15) is 0 Å². The molecule has 0 unspecified atom stereocenters. The highest BCUT2D eigenvalue weighted by Gasteiger charge is 2.26. The van der Waals surface area contributed by atoms with Crippen LogP contribution in [0.4, 0.5) is 0 Å². The van der Waals surface area contributed by atoms with Crippen LogP contribution in [-0.4, -0.2) is 30.5 Å². The number of carbonyl (C=O) groups is 1. The van der Waals surface area contributed by atoms with Crippen LogP contribution in [0, 0.1) is 5.92 Å². The predicted molar refractivity (Wildman–Crippen MR) is 97.6 cm³/mol. The van der Waals surface area contributed by atoms with Crippen molar-refractivity contribution in [2.45, 2.75) is 25.9 Å². The zero-order valence-corrected chi connectivity index (χ0v) is 14.4. The normalized spacial score (nSPS) is 17.3. The topological polar surface area (TPSA) is 41.6 Å². The lowest BCUT2D eigenvalue weighted by atomic mass is 10.1. The van der Waals surface area contributed by atoms with Crippen LogP contribution in [0.2, 0.25) is 0 Å². The molecule has 130 valence electrons. The third-order valence-corrected chi connectivity index (χ3v) is 4.89. The fraction of sp³-hybridized carbons (Fsp3) is 0.381. The van der Waals surface area contributed by atoms with E-state index in [9.17, 15) is 4.79 Å². The minimum Gasteiger partial charge on any atom is -0.492 e. The van der Waals surface area contributed by atoms with Crippen molar-refractivity contribution in [3.63, 3.8) is 0 Å². The van der Waals surface area contributed by atoms with Gasteiger partial charge in [-0.05, 0) is 42.5 Å². The fourth-order valence-electron chi connectivity index (χ4n) is 3.29. The number of nitrogens with one attached hydrogen (secondary N) is 1. The van der Waals surface area contributed by atoms with Gasteiger partial charge in [0, 0.05) is 37.3 Å². The van der Waals surface area contributed by atoms with E-state index in [-0.39, 0.29) is 5.91 Å². The zero-order chi connectivity index (χ0) is 17.1. The van der Waals surface area contributed by atoms with Crippen LogP contribution in [0.15, 0.2) is 48.5 Å². The first-order valence-electron chi connectivity index (χ1n) is 9.08. The molecule has 0 spiro atoms. The quantitative estimate of drug-likeness (QED) is 0.911. The van der Waals surface area contributed by atoms with Gasteiger partial charge >= 0.3 is 0 Å². The minimum atomic E-state index is -0.0374. The monoisotopic (exact) mass is 336 g/mol. The second-order valence-electron chi connectivity index (χ2n) is 7.02. The molecule has 0 radical (unpaired) electrons. The molecule has 1 heterocycles. The first kappa shape index (κ1) is 16.2. The summed E-state index contributed by atoms with van der Waals surface area (Å²) in [4.78, 5) is 14.9. The van der Waals surface area contributed by atoms with Crippen molar-refractivity contribution in [3.8, 4) is 5.75 Å². The summed E-state index contributed by atoms with van der Waals surface area (Å²) in [6, 6.07) is 15.8. The molecule has 0 atom stereocenters. The van der Waals surface area contributed by atoms with E-state index >= 15 is 0 Å². The lowest BCUT2D eigenvalue weighted by Gasteiger charge is -2.18. The molecule has 4 heteroatoms. The van der Waals surface area contributed by atoms with E-state index in [1.165, 1.54) is 12.8 Å². The van der Waals surface area contributed by atoms with Gasteiger partial charge in [0.15, 0.2) is 0 Å². The summed E-state index contributed by atoms with van der Waals surface area (Å²) in [7, 11) is 0. The number of hydrogen-bond donors (Lipinski definition) is 1. The number of amides is 1. The molecule has 1 N–H and O–H groups in total. The zero-order valence-electron chi connectivity index (χ0n) is 14.4. The number of nitrogens with zero attached hydrogens (tertiary/aromatic N) is 1. The molecule has 1 aliphatic heterocycles. The summed E-state index contributed by atoms with van der Waals surface area (Å²) in [5.41, 5.74) is 2.92. The Hall–Kier alpha value is -2.33. The summed E-state index contributed by atoms with van der Waals surface area (Å²) in [5, 5.41) is 3.00. The molecule has 1 saturated carbocycles. The Morgan fingerprint density at radius 1 is 1.16 bits per heavy atom. The van der Waals surface area contributed by atoms with Crippen molar-refractivity contribution in [1.82, 2.24) is 10.2 Å². The number of carbonyl (C=O) groups excluding carboxylic acids is 1. The first-order chi connectivity index (χ1) is 12.3. The molecule has 25 heavy (non-hydrogen) atoms. The van der Waals surface area contributed by atoms with Gasteiger partial charge in [-0.3, -0.25) is 9.69 Å². The van der Waals surface area contributed by atoms with Gasteiger partial charge in [-0.15, -0.1) is 0 Å². The van der Waals surface area contributed by atoms with Crippen LogP contribution in [-0.2, 0) is 13.1 Å². The summed E-state index contributed by atoms with van der Waals surface area (Å²) < 4.78 is 5.87. The molecule has 0 bridgehead atoms. The van der Waals surface area contributed by atoms with E-state index in [2.05, 4.69) is 10.2 Å². The third kappa shape index (κ3) is 4.20. The van der Waals surface area contributed by atoms with Gasteiger partial charge in [-0.1, -0.05) is 30.3 Å². The Kier molecular flexibility index (Phi) is 4.70. The highest BCUT2D eigenvalue weighted by molar-refractivity contribution is 5.94. The minimum absolute atomic E-state index is 0.0374. The molecule has 1 amide bonds. The summed E-state index contributed by atoms with van der Waals surface area (Å²) >= 11 is 0. The van der Waals surface area contributed by atoms with Crippen molar-refractivity contribution in [3.05, 3.63) is 65.2 Å². The van der Waals surface area contributed by atoms with Crippen LogP contribution in [0.5, 0.6) is 5.75 Å². The van der Waals surface area contributed by atoms with E-state index < -0.39 is 0 Å². The fourth-order valence-corrected chi connectivity index (χ4v) is 3.29. The molecule has 0 saturated heterocycles. The van der Waals surface area contributed by atoms with Gasteiger partial charge in [0.25, 0.3) is 5.91 Å². The van der Waals surface area contributed by atoms with Gasteiger partial charge < -0.3 is 10.1 Å². The number of benzene rings is 2. The molecule has 4 nitrogen and oxygen atoms in total. The maximum absolute atomic E-state index is 12.5. The Labute approximate surface area is 148 Å². The van der Waals surface area contributed by atoms with Crippen LogP contribution in [0.3, 0.4) is 0 Å². The van der Waals surface area contributed by atoms with E-state index in [1.54, 1.807) is 0 Å². The van der Waals surface area contributed by atoms with Crippen molar-refractivity contribution in [1.29, 1.82) is 0 Å². The maximum Gasteiger partial charge on any atom is 0.251 e. The number of hydrogen-bond acceptors (Lipinski definition) is 3. The van der Waals surface area contributed by atoms with Crippen LogP contribution < -0.4 is 10.1 Å². The van der Waals surface area contributed by atoms with Crippen molar-refractivity contribution in [2.75, 3.05) is 19.7 Å². The number of ether oxygens (including phenoxy) is 1. The second-order valence-corrected chi connectivity index (χ2v) is 7.02. The maximum atomic E-state index is 12.5. The Morgan fingerprint density at radius 3 is 2.80 bits per heavy atom. The number of rotatable bonds is 5. The smallest absolute Gasteiger partial charge is 0.251 e. The van der Waals surface area contributed by atoms with Crippen molar-refractivity contribution < 1.29 is 9.53 Å². The Morgan fingerprint density at radius 2 is 2.00 bits per heavy atom. The van der Waals surface area contributed by atoms with Gasteiger partial charge in [-0.25, -0.2) is 0 Å². The Balaban J connectivity index is 1.43. The molecule has 2 aromatic carbocycles. The molecular formula is C21H24N2O2. The molecule has 1 aliphatic carbocycles. The Bertz CT molecular complexity index is 741. The lowest BCUT2D eigenvalue weighted by molar-refractivity contribution is 0.0950. The molecular weight excluding hydrogens is 312 g/mol. The third-order valence-electron chi connectivity index (χ3n) is 4.89. The lowest BCUT2D eigenvalue weighted by Crippen LogP contribution is -2.28. The molecule has 2 aliphatic rings. The SMILES string of the molecule is O=C(NCc1ccccc1)c1ccc2c(c1)CN(CC1CC1)CCO2. The average molecular weight is 336 g/mol. The van der Waals surface area contributed by atoms with E-state index in [4.69, 9.17) is 4.74 Å². The van der Waals surface area contributed by atoms with E-state index in [0.29, 0.717) is 12.1 Å². The summed E-state index contributed by atoms with van der Waals surface area (Å²) in [5.74, 6) is 1.74. The molecule has 1 fully saturated rings. The molecule has 0 aromatic heterocycles. The van der Waals surface area contributed by atoms with Crippen LogP contribution >= 0.6 is 0 Å². The average Bonchev–Trinajstić information content (AvgIpc) is 3.47. The van der Waals surface area contributed by atoms with E-state index in [1.807, 2.05) is 48.5 Å². The summed E-state index contributed by atoms with van der Waals surface area (Å²) in [6.07, 6.45) is 2.71. The van der Waals surface area contributed by atoms with Crippen molar-refractivity contribution in [2.24, 2.45) is 5.92 Å². The molecule has 2 aromatic rings. The largest absolute Gasteiger partial charge is 0.492 e. The number of fused-ring (bicyclic) bond motifs is 1. The van der Waals surface area contributed by atoms with Gasteiger partial charge in [0.1, 0.15) is 12.4 Å². The van der Waals surface area contributed by atoms with E-state index in [0.717, 1.165) is 49.0 Å². The van der Waals surface area contributed by atoms with Gasteiger partial charge in [0.2, 0.25) is 0 Å². The first-order valence-corrected chi connectivity index (χ1v) is 9.08. The standard InChI is InChI=1S/C21H24N2O2/c24-21(22-13-16-4-2-1-3-5-16)18-8-9-20-19(12-18)15-23(10-11-25-20)14-17-6-7-17/h1-5,8-9,12,17H,6-7,10-11,13-15H2,(H,22,24). The van der Waals surface area contributed by atoms with Crippen LogP contribution in [0.1, 0.15) is 34.3 Å². The highest BCUT2D eigenvalue weighted by atomic mass is 16.5. The highest BCUT2D eigenvalue weighted by Crippen LogP contribution is 2.32. The van der Waals surface area contributed by atoms with Gasteiger partial charge in [0.05, 0.1) is 0 Å². The van der Waals surface area contributed by atoms with Crippen molar-refractivity contribution >= 4 is 5.91 Å².